The van der Waals surface area contributed by atoms with Crippen LogP contribution in [0.2, 0.25) is 0 Å². The van der Waals surface area contributed by atoms with Gasteiger partial charge in [-0.1, -0.05) is 66.7 Å². The number of Topliss-reactive ketones (excluding diaryl/α,β-unsaturated/α-hetero) is 1. The van der Waals surface area contributed by atoms with Crippen LogP contribution in [0.25, 0.3) is 22.4 Å². The summed E-state index contributed by atoms with van der Waals surface area (Å²) in [6.07, 6.45) is 0.680. The van der Waals surface area contributed by atoms with Crippen LogP contribution in [0.1, 0.15) is 39.2 Å². The molecule has 6 nitrogen and oxygen atoms in total. The lowest BCUT2D eigenvalue weighted by molar-refractivity contribution is -0.143. The number of ether oxygens (including phenoxy) is 1. The SMILES string of the molecule is Cc1sc(NC(=O)CCC(=O)OCC(=O)c2ccc3c(c2)-c2ccccc2C3)nc1-c1ccccc1. The molecule has 1 amide bonds. The number of benzene rings is 3. The molecule has 0 aliphatic heterocycles. The number of aryl methyl sites for hydroxylation is 1. The second-order valence-electron chi connectivity index (χ2n) is 8.63. The van der Waals surface area contributed by atoms with Gasteiger partial charge in [0.25, 0.3) is 0 Å². The molecule has 0 saturated heterocycles. The van der Waals surface area contributed by atoms with E-state index in [1.54, 1.807) is 6.07 Å². The molecule has 0 bridgehead atoms. The van der Waals surface area contributed by atoms with Gasteiger partial charge in [0.1, 0.15) is 0 Å². The summed E-state index contributed by atoms with van der Waals surface area (Å²) in [6, 6.07) is 23.5. The molecule has 0 radical (unpaired) electrons. The number of nitrogens with zero attached hydrogens (tertiary/aromatic N) is 1. The van der Waals surface area contributed by atoms with Gasteiger partial charge in [0.05, 0.1) is 12.1 Å². The van der Waals surface area contributed by atoms with E-state index in [9.17, 15) is 14.4 Å². The Kier molecular flexibility index (Phi) is 6.73. The van der Waals surface area contributed by atoms with Gasteiger partial charge in [-0.2, -0.15) is 0 Å². The van der Waals surface area contributed by atoms with Crippen molar-refractivity contribution in [2.45, 2.75) is 26.2 Å². The van der Waals surface area contributed by atoms with E-state index in [1.807, 2.05) is 61.5 Å². The van der Waals surface area contributed by atoms with E-state index in [0.717, 1.165) is 33.7 Å². The van der Waals surface area contributed by atoms with Gasteiger partial charge < -0.3 is 10.1 Å². The Balaban J connectivity index is 1.11. The first-order valence-corrected chi connectivity index (χ1v) is 12.5. The zero-order valence-electron chi connectivity index (χ0n) is 19.7. The molecular weight excluding hydrogens is 472 g/mol. The maximum atomic E-state index is 12.6. The molecule has 0 atom stereocenters. The summed E-state index contributed by atoms with van der Waals surface area (Å²) in [5.41, 5.74) is 6.91. The molecule has 180 valence electrons. The van der Waals surface area contributed by atoms with E-state index in [0.29, 0.717) is 10.7 Å². The van der Waals surface area contributed by atoms with Crippen molar-refractivity contribution in [2.75, 3.05) is 11.9 Å². The highest BCUT2D eigenvalue weighted by atomic mass is 32.1. The van der Waals surface area contributed by atoms with Crippen molar-refractivity contribution >= 4 is 34.1 Å². The molecule has 3 aromatic carbocycles. The summed E-state index contributed by atoms with van der Waals surface area (Å²) in [4.78, 5) is 42.6. The van der Waals surface area contributed by atoms with Crippen molar-refractivity contribution in [1.82, 2.24) is 4.98 Å². The predicted octanol–water partition coefficient (Wildman–Crippen LogP) is 5.83. The van der Waals surface area contributed by atoms with Crippen LogP contribution in [0.3, 0.4) is 0 Å². The molecule has 1 heterocycles. The van der Waals surface area contributed by atoms with E-state index < -0.39 is 5.97 Å². The Morgan fingerprint density at radius 3 is 2.50 bits per heavy atom. The number of aromatic nitrogens is 1. The zero-order valence-corrected chi connectivity index (χ0v) is 20.6. The average Bonchev–Trinajstić information content (AvgIpc) is 3.45. The molecule has 0 unspecified atom stereocenters. The molecule has 1 aliphatic carbocycles. The molecular formula is C29H24N2O4S. The van der Waals surface area contributed by atoms with Crippen LogP contribution in [0.4, 0.5) is 5.13 Å². The topological polar surface area (TPSA) is 85.4 Å². The van der Waals surface area contributed by atoms with Gasteiger partial charge in [0, 0.05) is 22.4 Å². The lowest BCUT2D eigenvalue weighted by Gasteiger charge is -2.07. The van der Waals surface area contributed by atoms with Gasteiger partial charge in [-0.15, -0.1) is 11.3 Å². The van der Waals surface area contributed by atoms with E-state index in [2.05, 4.69) is 22.4 Å². The normalized spacial score (nSPS) is 11.5. The summed E-state index contributed by atoms with van der Waals surface area (Å²) in [7, 11) is 0. The lowest BCUT2D eigenvalue weighted by atomic mass is 10.0. The third-order valence-corrected chi connectivity index (χ3v) is 7.02. The number of hydrogen-bond donors (Lipinski definition) is 1. The van der Waals surface area contributed by atoms with Gasteiger partial charge >= 0.3 is 5.97 Å². The Morgan fingerprint density at radius 1 is 0.917 bits per heavy atom. The van der Waals surface area contributed by atoms with Gasteiger partial charge in [0.15, 0.2) is 17.5 Å². The number of nitrogens with one attached hydrogen (secondary N) is 1. The average molecular weight is 497 g/mol. The largest absolute Gasteiger partial charge is 0.457 e. The highest BCUT2D eigenvalue weighted by Crippen LogP contribution is 2.37. The van der Waals surface area contributed by atoms with Crippen molar-refractivity contribution in [3.05, 3.63) is 94.4 Å². The first kappa shape index (κ1) is 23.6. The third kappa shape index (κ3) is 5.11. The number of anilines is 1. The van der Waals surface area contributed by atoms with E-state index in [-0.39, 0.29) is 31.1 Å². The minimum absolute atomic E-state index is 0.0536. The van der Waals surface area contributed by atoms with Crippen LogP contribution < -0.4 is 5.32 Å². The standard InChI is InChI=1S/C29H24N2O4S/c1-18-28(19-7-3-2-4-8-19)31-29(36-18)30-26(33)13-14-27(34)35-17-25(32)22-12-11-21-15-20-9-5-6-10-23(20)24(21)16-22/h2-12,16H,13-15,17H2,1H3,(H,30,31,33). The molecule has 1 aliphatic rings. The predicted molar refractivity (Wildman–Crippen MR) is 140 cm³/mol. The Hall–Kier alpha value is -4.10. The van der Waals surface area contributed by atoms with Crippen molar-refractivity contribution < 1.29 is 19.1 Å². The molecule has 0 spiro atoms. The van der Waals surface area contributed by atoms with Crippen LogP contribution in [0.15, 0.2) is 72.8 Å². The number of ketones is 1. The van der Waals surface area contributed by atoms with E-state index >= 15 is 0 Å². The molecule has 5 rings (SSSR count). The van der Waals surface area contributed by atoms with Crippen LogP contribution in [0.5, 0.6) is 0 Å². The fourth-order valence-electron chi connectivity index (χ4n) is 4.31. The van der Waals surface area contributed by atoms with Crippen LogP contribution in [-0.2, 0) is 20.7 Å². The Labute approximate surface area is 213 Å². The van der Waals surface area contributed by atoms with Crippen molar-refractivity contribution in [1.29, 1.82) is 0 Å². The lowest BCUT2D eigenvalue weighted by Crippen LogP contribution is -2.17. The molecule has 1 N–H and O–H groups in total. The highest BCUT2D eigenvalue weighted by molar-refractivity contribution is 7.16. The van der Waals surface area contributed by atoms with Crippen molar-refractivity contribution in [3.8, 4) is 22.4 Å². The number of carbonyl (C=O) groups excluding carboxylic acids is 3. The maximum Gasteiger partial charge on any atom is 0.306 e. The number of fused-ring (bicyclic) bond motifs is 3. The first-order valence-electron chi connectivity index (χ1n) is 11.7. The second-order valence-corrected chi connectivity index (χ2v) is 9.83. The summed E-state index contributed by atoms with van der Waals surface area (Å²) < 4.78 is 5.15. The molecule has 7 heteroatoms. The summed E-state index contributed by atoms with van der Waals surface area (Å²) >= 11 is 1.38. The fourth-order valence-corrected chi connectivity index (χ4v) is 5.16. The number of rotatable bonds is 8. The number of amides is 1. The number of carbonyl (C=O) groups is 3. The van der Waals surface area contributed by atoms with Gasteiger partial charge in [-0.25, -0.2) is 4.98 Å². The molecule has 4 aromatic rings. The van der Waals surface area contributed by atoms with Crippen molar-refractivity contribution in [3.63, 3.8) is 0 Å². The highest BCUT2D eigenvalue weighted by Gasteiger charge is 2.20. The quantitative estimate of drug-likeness (QED) is 0.216. The van der Waals surface area contributed by atoms with E-state index in [1.165, 1.54) is 22.5 Å². The Bertz CT molecular complexity index is 1460. The van der Waals surface area contributed by atoms with Crippen molar-refractivity contribution in [2.24, 2.45) is 0 Å². The third-order valence-electron chi connectivity index (χ3n) is 6.13. The monoisotopic (exact) mass is 496 g/mol. The first-order chi connectivity index (χ1) is 17.5. The minimum atomic E-state index is -0.592. The number of hydrogen-bond acceptors (Lipinski definition) is 6. The summed E-state index contributed by atoms with van der Waals surface area (Å²) in [6.45, 7) is 1.59. The zero-order chi connectivity index (χ0) is 25.1. The number of thiazole rings is 1. The smallest absolute Gasteiger partial charge is 0.306 e. The van der Waals surface area contributed by atoms with E-state index in [4.69, 9.17) is 4.74 Å². The molecule has 36 heavy (non-hydrogen) atoms. The molecule has 1 aromatic heterocycles. The minimum Gasteiger partial charge on any atom is -0.457 e. The summed E-state index contributed by atoms with van der Waals surface area (Å²) in [5, 5.41) is 3.23. The molecule has 0 saturated carbocycles. The van der Waals surface area contributed by atoms with Gasteiger partial charge in [0.2, 0.25) is 5.91 Å². The Morgan fingerprint density at radius 2 is 1.67 bits per heavy atom. The maximum absolute atomic E-state index is 12.6. The van der Waals surface area contributed by atoms with Crippen LogP contribution >= 0.6 is 11.3 Å². The molecule has 0 fully saturated rings. The number of esters is 1. The van der Waals surface area contributed by atoms with Crippen LogP contribution in [0, 0.1) is 6.92 Å². The van der Waals surface area contributed by atoms with Gasteiger partial charge in [-0.3, -0.25) is 14.4 Å². The van der Waals surface area contributed by atoms with Crippen LogP contribution in [-0.4, -0.2) is 29.3 Å². The second kappa shape index (κ2) is 10.3. The fraction of sp³-hybridized carbons (Fsp3) is 0.172. The van der Waals surface area contributed by atoms with Gasteiger partial charge in [-0.05, 0) is 41.7 Å². The summed E-state index contributed by atoms with van der Waals surface area (Å²) in [5.74, 6) is -1.19.